The van der Waals surface area contributed by atoms with E-state index in [9.17, 15) is 13.6 Å². The first kappa shape index (κ1) is 15.7. The normalized spacial score (nSPS) is 9.91. The number of nitriles is 1. The third kappa shape index (κ3) is 3.93. The number of hydrogen-bond donors (Lipinski definition) is 2. The molecule has 0 fully saturated rings. The minimum Gasteiger partial charge on any atom is -0.374 e. The summed E-state index contributed by atoms with van der Waals surface area (Å²) in [6.45, 7) is -0.208. The van der Waals surface area contributed by atoms with E-state index < -0.39 is 17.5 Å². The van der Waals surface area contributed by atoms with Crippen LogP contribution in [0.2, 0.25) is 5.02 Å². The molecule has 0 bridgehead atoms. The minimum absolute atomic E-state index is 0.0226. The molecule has 2 aromatic carbocycles. The number of rotatable bonds is 4. The van der Waals surface area contributed by atoms with Crippen molar-refractivity contribution >= 4 is 28.9 Å². The molecule has 0 aliphatic rings. The molecule has 22 heavy (non-hydrogen) atoms. The summed E-state index contributed by atoms with van der Waals surface area (Å²) in [5.41, 5.74) is 0.732. The van der Waals surface area contributed by atoms with Gasteiger partial charge in [0.05, 0.1) is 22.8 Å². The molecular weight excluding hydrogens is 312 g/mol. The van der Waals surface area contributed by atoms with Crippen molar-refractivity contribution in [2.75, 3.05) is 17.2 Å². The number of carbonyl (C=O) groups excluding carboxylic acids is 1. The van der Waals surface area contributed by atoms with E-state index in [1.807, 2.05) is 6.07 Å². The van der Waals surface area contributed by atoms with Crippen molar-refractivity contribution in [1.82, 2.24) is 0 Å². The lowest BCUT2D eigenvalue weighted by Gasteiger charge is -2.09. The van der Waals surface area contributed by atoms with Crippen molar-refractivity contribution in [3.8, 4) is 6.07 Å². The van der Waals surface area contributed by atoms with Crippen molar-refractivity contribution in [2.24, 2.45) is 0 Å². The molecule has 0 unspecified atom stereocenters. The Hall–Kier alpha value is -2.65. The molecule has 112 valence electrons. The van der Waals surface area contributed by atoms with Crippen molar-refractivity contribution in [3.05, 3.63) is 58.6 Å². The van der Waals surface area contributed by atoms with Gasteiger partial charge in [0.15, 0.2) is 0 Å². The average Bonchev–Trinajstić information content (AvgIpc) is 2.46. The lowest BCUT2D eigenvalue weighted by molar-refractivity contribution is -0.114. The molecule has 0 saturated heterocycles. The molecule has 2 N–H and O–H groups in total. The highest BCUT2D eigenvalue weighted by Gasteiger charge is 2.08. The summed E-state index contributed by atoms with van der Waals surface area (Å²) in [5.74, 6) is -1.92. The fraction of sp³-hybridized carbons (Fsp3) is 0.0667. The van der Waals surface area contributed by atoms with Crippen molar-refractivity contribution in [2.45, 2.75) is 0 Å². The second-order valence-corrected chi connectivity index (χ2v) is 4.74. The predicted molar refractivity (Wildman–Crippen MR) is 79.6 cm³/mol. The van der Waals surface area contributed by atoms with Crippen LogP contribution in [0.1, 0.15) is 5.56 Å². The quantitative estimate of drug-likeness (QED) is 0.905. The molecule has 4 nitrogen and oxygen atoms in total. The van der Waals surface area contributed by atoms with Crippen molar-refractivity contribution in [3.63, 3.8) is 0 Å². The number of benzene rings is 2. The van der Waals surface area contributed by atoms with Crippen LogP contribution in [-0.2, 0) is 4.79 Å². The van der Waals surface area contributed by atoms with Crippen LogP contribution in [0.3, 0.4) is 0 Å². The zero-order valence-electron chi connectivity index (χ0n) is 11.2. The SMILES string of the molecule is N#Cc1ccc(NC(=O)CNc2ccc(F)cc2F)cc1Cl. The summed E-state index contributed by atoms with van der Waals surface area (Å²) in [7, 11) is 0. The monoisotopic (exact) mass is 321 g/mol. The lowest BCUT2D eigenvalue weighted by atomic mass is 10.2. The molecule has 0 spiro atoms. The van der Waals surface area contributed by atoms with Crippen LogP contribution in [0, 0.1) is 23.0 Å². The van der Waals surface area contributed by atoms with E-state index in [4.69, 9.17) is 16.9 Å². The second-order valence-electron chi connectivity index (χ2n) is 4.33. The van der Waals surface area contributed by atoms with Gasteiger partial charge in [-0.3, -0.25) is 4.79 Å². The summed E-state index contributed by atoms with van der Waals surface area (Å²) in [5, 5.41) is 14.1. The third-order valence-corrected chi connectivity index (χ3v) is 3.06. The first-order valence-corrected chi connectivity index (χ1v) is 6.56. The largest absolute Gasteiger partial charge is 0.374 e. The smallest absolute Gasteiger partial charge is 0.243 e. The predicted octanol–water partition coefficient (Wildman–Crippen LogP) is 3.54. The molecule has 7 heteroatoms. The Labute approximate surface area is 130 Å². The van der Waals surface area contributed by atoms with E-state index in [1.54, 1.807) is 0 Å². The maximum Gasteiger partial charge on any atom is 0.243 e. The van der Waals surface area contributed by atoms with Gasteiger partial charge in [-0.1, -0.05) is 11.6 Å². The van der Waals surface area contributed by atoms with Crippen LogP contribution in [0.4, 0.5) is 20.2 Å². The molecular formula is C15H10ClF2N3O. The van der Waals surface area contributed by atoms with Crippen molar-refractivity contribution < 1.29 is 13.6 Å². The molecule has 0 aromatic heterocycles. The van der Waals surface area contributed by atoms with E-state index in [-0.39, 0.29) is 17.3 Å². The zero-order chi connectivity index (χ0) is 16.1. The van der Waals surface area contributed by atoms with E-state index in [2.05, 4.69) is 10.6 Å². The number of carbonyl (C=O) groups is 1. The van der Waals surface area contributed by atoms with Crippen LogP contribution in [0.15, 0.2) is 36.4 Å². The molecule has 0 aliphatic heterocycles. The van der Waals surface area contributed by atoms with E-state index >= 15 is 0 Å². The van der Waals surface area contributed by atoms with Gasteiger partial charge in [0.25, 0.3) is 0 Å². The standard InChI is InChI=1S/C15H10ClF2N3O/c16-12-6-11(3-1-9(12)7-19)21-15(22)8-20-14-4-2-10(17)5-13(14)18/h1-6,20H,8H2,(H,21,22). The number of anilines is 2. The van der Waals surface area contributed by atoms with Crippen molar-refractivity contribution in [1.29, 1.82) is 5.26 Å². The Bertz CT molecular complexity index is 759. The lowest BCUT2D eigenvalue weighted by Crippen LogP contribution is -2.22. The maximum atomic E-state index is 13.4. The first-order chi connectivity index (χ1) is 10.5. The Morgan fingerprint density at radius 3 is 2.64 bits per heavy atom. The summed E-state index contributed by atoms with van der Waals surface area (Å²) in [6.07, 6.45) is 0. The van der Waals surface area contributed by atoms with Crippen LogP contribution >= 0.6 is 11.6 Å². The molecule has 2 rings (SSSR count). The minimum atomic E-state index is -0.783. The number of hydrogen-bond acceptors (Lipinski definition) is 3. The number of nitrogens with one attached hydrogen (secondary N) is 2. The van der Waals surface area contributed by atoms with Gasteiger partial charge in [-0.15, -0.1) is 0 Å². The Morgan fingerprint density at radius 2 is 2.00 bits per heavy atom. The van der Waals surface area contributed by atoms with Gasteiger partial charge in [-0.25, -0.2) is 8.78 Å². The third-order valence-electron chi connectivity index (χ3n) is 2.74. The molecule has 2 aromatic rings. The van der Waals surface area contributed by atoms with Gasteiger partial charge >= 0.3 is 0 Å². The van der Waals surface area contributed by atoms with Crippen LogP contribution < -0.4 is 10.6 Å². The topological polar surface area (TPSA) is 64.9 Å². The summed E-state index contributed by atoms with van der Waals surface area (Å²) >= 11 is 5.85. The molecule has 0 radical (unpaired) electrons. The van der Waals surface area contributed by atoms with E-state index in [0.29, 0.717) is 11.3 Å². The highest BCUT2D eigenvalue weighted by molar-refractivity contribution is 6.32. The maximum absolute atomic E-state index is 13.4. The van der Waals surface area contributed by atoms with Gasteiger partial charge < -0.3 is 10.6 Å². The van der Waals surface area contributed by atoms with Gasteiger partial charge in [0, 0.05) is 11.8 Å². The fourth-order valence-corrected chi connectivity index (χ4v) is 1.92. The van der Waals surface area contributed by atoms with E-state index in [1.165, 1.54) is 24.3 Å². The molecule has 0 heterocycles. The Balaban J connectivity index is 1.96. The second kappa shape index (κ2) is 6.87. The number of amides is 1. The number of halogens is 3. The van der Waals surface area contributed by atoms with Gasteiger partial charge in [0.1, 0.15) is 17.7 Å². The van der Waals surface area contributed by atoms with Gasteiger partial charge in [-0.05, 0) is 30.3 Å². The average molecular weight is 322 g/mol. The number of nitrogens with zero attached hydrogens (tertiary/aromatic N) is 1. The van der Waals surface area contributed by atoms with E-state index in [0.717, 1.165) is 12.1 Å². The van der Waals surface area contributed by atoms with Crippen LogP contribution in [0.25, 0.3) is 0 Å². The summed E-state index contributed by atoms with van der Waals surface area (Å²) in [4.78, 5) is 11.8. The highest BCUT2D eigenvalue weighted by Crippen LogP contribution is 2.20. The van der Waals surface area contributed by atoms with Gasteiger partial charge in [-0.2, -0.15) is 5.26 Å². The highest BCUT2D eigenvalue weighted by atomic mass is 35.5. The fourth-order valence-electron chi connectivity index (χ4n) is 1.70. The molecule has 0 atom stereocenters. The van der Waals surface area contributed by atoms with Gasteiger partial charge in [0.2, 0.25) is 5.91 Å². The Morgan fingerprint density at radius 1 is 1.23 bits per heavy atom. The molecule has 0 aliphatic carbocycles. The Kier molecular flexibility index (Phi) is 4.92. The molecule has 0 saturated carbocycles. The van der Waals surface area contributed by atoms with Crippen LogP contribution in [-0.4, -0.2) is 12.5 Å². The van der Waals surface area contributed by atoms with Crippen LogP contribution in [0.5, 0.6) is 0 Å². The summed E-state index contributed by atoms with van der Waals surface area (Å²) in [6, 6.07) is 9.37. The zero-order valence-corrected chi connectivity index (χ0v) is 11.9. The molecule has 1 amide bonds. The first-order valence-electron chi connectivity index (χ1n) is 6.18. The summed E-state index contributed by atoms with van der Waals surface area (Å²) < 4.78 is 26.1.